The maximum Gasteiger partial charge on any atom is 0.225 e. The summed E-state index contributed by atoms with van der Waals surface area (Å²) in [7, 11) is 0. The zero-order chi connectivity index (χ0) is 15.9. The smallest absolute Gasteiger partial charge is 0.225 e. The number of amides is 1. The van der Waals surface area contributed by atoms with Crippen LogP contribution in [-0.4, -0.2) is 66.7 Å². The first-order valence-corrected chi connectivity index (χ1v) is 8.08. The molecule has 1 aromatic rings. The van der Waals surface area contributed by atoms with Gasteiger partial charge in [0.2, 0.25) is 5.91 Å². The lowest BCUT2D eigenvalue weighted by Gasteiger charge is -2.34. The number of β-amino-alcohol motifs (C(OH)–C–C–N with tert-alkyl or cyclic N) is 1. The zero-order valence-corrected chi connectivity index (χ0v) is 14.9. The van der Waals surface area contributed by atoms with E-state index in [2.05, 4.69) is 15.1 Å². The van der Waals surface area contributed by atoms with Crippen molar-refractivity contribution in [1.29, 1.82) is 0 Å². The second kappa shape index (κ2) is 10.1. The average molecular weight is 361 g/mol. The molecule has 1 aromatic carbocycles. The summed E-state index contributed by atoms with van der Waals surface area (Å²) in [5.41, 5.74) is 1.68. The zero-order valence-electron chi connectivity index (χ0n) is 13.4. The first-order valence-electron chi connectivity index (χ1n) is 7.70. The number of aliphatic hydroxyl groups is 1. The molecule has 1 heterocycles. The van der Waals surface area contributed by atoms with Crippen LogP contribution in [0.25, 0.3) is 0 Å². The molecule has 0 aromatic heterocycles. The number of halogens is 2. The molecule has 0 bridgehead atoms. The number of carbonyl (C=O) groups excluding carboxylic acids is 1. The van der Waals surface area contributed by atoms with E-state index in [-0.39, 0.29) is 24.9 Å². The molecule has 2 N–H and O–H groups in total. The van der Waals surface area contributed by atoms with Gasteiger partial charge < -0.3 is 27.7 Å². The van der Waals surface area contributed by atoms with Gasteiger partial charge in [-0.05, 0) is 24.6 Å². The van der Waals surface area contributed by atoms with E-state index < -0.39 is 0 Å². The van der Waals surface area contributed by atoms with E-state index in [0.29, 0.717) is 11.4 Å². The molecule has 0 unspecified atom stereocenters. The standard InChI is InChI=1S/C16H24ClN3O2.ClH/c1-13-14(17)3-2-4-15(13)18-16(22)5-6-19-7-9-20(10-8-19)11-12-21;/h2-4,21H,5-12H2,1H3,(H,18,22);1H/p-1. The lowest BCUT2D eigenvalue weighted by atomic mass is 10.2. The predicted molar refractivity (Wildman–Crippen MR) is 89.4 cm³/mol. The summed E-state index contributed by atoms with van der Waals surface area (Å²) in [5.74, 6) is 0.0168. The first kappa shape index (κ1) is 20.2. The van der Waals surface area contributed by atoms with E-state index in [1.807, 2.05) is 25.1 Å². The molecule has 0 aliphatic carbocycles. The van der Waals surface area contributed by atoms with Crippen molar-refractivity contribution in [2.24, 2.45) is 0 Å². The lowest BCUT2D eigenvalue weighted by Crippen LogP contribution is -3.00. The lowest BCUT2D eigenvalue weighted by molar-refractivity contribution is -0.116. The van der Waals surface area contributed by atoms with Crippen molar-refractivity contribution in [3.05, 3.63) is 28.8 Å². The minimum absolute atomic E-state index is 0. The van der Waals surface area contributed by atoms with Gasteiger partial charge in [0.1, 0.15) is 0 Å². The third-order valence-corrected chi connectivity index (χ3v) is 4.49. The maximum atomic E-state index is 12.1. The van der Waals surface area contributed by atoms with Crippen LogP contribution in [0.4, 0.5) is 5.69 Å². The monoisotopic (exact) mass is 360 g/mol. The van der Waals surface area contributed by atoms with Crippen LogP contribution in [0.15, 0.2) is 18.2 Å². The van der Waals surface area contributed by atoms with Crippen LogP contribution >= 0.6 is 11.6 Å². The van der Waals surface area contributed by atoms with Crippen molar-refractivity contribution >= 4 is 23.2 Å². The van der Waals surface area contributed by atoms with Gasteiger partial charge in [-0.15, -0.1) is 0 Å². The second-order valence-corrected chi connectivity index (χ2v) is 6.02. The van der Waals surface area contributed by atoms with Crippen LogP contribution < -0.4 is 17.7 Å². The fourth-order valence-corrected chi connectivity index (χ4v) is 2.77. The fraction of sp³-hybridized carbons (Fsp3) is 0.562. The normalized spacial score (nSPS) is 16.0. The largest absolute Gasteiger partial charge is 1.00 e. The highest BCUT2D eigenvalue weighted by Gasteiger charge is 2.17. The highest BCUT2D eigenvalue weighted by Crippen LogP contribution is 2.22. The molecule has 2 rings (SSSR count). The molecule has 0 atom stereocenters. The minimum Gasteiger partial charge on any atom is -1.00 e. The minimum atomic E-state index is 0. The summed E-state index contributed by atoms with van der Waals surface area (Å²) in [5, 5.41) is 12.5. The second-order valence-electron chi connectivity index (χ2n) is 5.62. The topological polar surface area (TPSA) is 55.8 Å². The van der Waals surface area contributed by atoms with Crippen molar-refractivity contribution in [2.45, 2.75) is 13.3 Å². The van der Waals surface area contributed by atoms with E-state index in [0.717, 1.165) is 50.5 Å². The van der Waals surface area contributed by atoms with Gasteiger partial charge in [0.25, 0.3) is 0 Å². The van der Waals surface area contributed by atoms with Crippen LogP contribution in [0.2, 0.25) is 5.02 Å². The van der Waals surface area contributed by atoms with Crippen LogP contribution in [0.1, 0.15) is 12.0 Å². The Kier molecular flexibility index (Phi) is 8.87. The Morgan fingerprint density at radius 2 is 1.83 bits per heavy atom. The third-order valence-electron chi connectivity index (χ3n) is 4.08. The Bertz CT molecular complexity index is 506. The number of hydrogen-bond acceptors (Lipinski definition) is 4. The molecular weight excluding hydrogens is 337 g/mol. The predicted octanol–water partition coefficient (Wildman–Crippen LogP) is -1.41. The van der Waals surface area contributed by atoms with E-state index in [1.54, 1.807) is 0 Å². The summed E-state index contributed by atoms with van der Waals surface area (Å²) in [6.07, 6.45) is 0.478. The highest BCUT2D eigenvalue weighted by molar-refractivity contribution is 6.31. The Balaban J connectivity index is 0.00000264. The molecule has 1 aliphatic rings. The molecule has 1 fully saturated rings. The maximum absolute atomic E-state index is 12.1. The van der Waals surface area contributed by atoms with Crippen LogP contribution in [-0.2, 0) is 4.79 Å². The number of aliphatic hydroxyl groups excluding tert-OH is 1. The molecule has 7 heteroatoms. The number of carbonyl (C=O) groups is 1. The molecule has 130 valence electrons. The molecule has 23 heavy (non-hydrogen) atoms. The third kappa shape index (κ3) is 6.28. The molecule has 1 saturated heterocycles. The summed E-state index contributed by atoms with van der Waals surface area (Å²) in [4.78, 5) is 16.6. The number of piperazine rings is 1. The van der Waals surface area contributed by atoms with Gasteiger partial charge in [0.15, 0.2) is 0 Å². The van der Waals surface area contributed by atoms with E-state index in [4.69, 9.17) is 16.7 Å². The summed E-state index contributed by atoms with van der Waals surface area (Å²) in [6.45, 7) is 7.42. The summed E-state index contributed by atoms with van der Waals surface area (Å²) < 4.78 is 0. The van der Waals surface area contributed by atoms with Crippen molar-refractivity contribution < 1.29 is 22.3 Å². The quantitative estimate of drug-likeness (QED) is 0.654. The Labute approximate surface area is 149 Å². The van der Waals surface area contributed by atoms with Gasteiger partial charge in [-0.25, -0.2) is 0 Å². The number of hydrogen-bond donors (Lipinski definition) is 2. The van der Waals surface area contributed by atoms with Crippen LogP contribution in [0, 0.1) is 6.92 Å². The Morgan fingerprint density at radius 3 is 2.43 bits per heavy atom. The first-order chi connectivity index (χ1) is 10.6. The van der Waals surface area contributed by atoms with Crippen molar-refractivity contribution in [1.82, 2.24) is 9.80 Å². The number of nitrogens with zero attached hydrogens (tertiary/aromatic N) is 2. The molecule has 0 radical (unpaired) electrons. The van der Waals surface area contributed by atoms with Gasteiger partial charge in [-0.1, -0.05) is 17.7 Å². The Hall–Kier alpha value is -0.850. The van der Waals surface area contributed by atoms with Gasteiger partial charge >= 0.3 is 0 Å². The SMILES string of the molecule is Cc1c(Cl)cccc1NC(=O)CCN1CCN(CCO)CC1.[Cl-]. The fourth-order valence-electron chi connectivity index (χ4n) is 2.59. The van der Waals surface area contributed by atoms with Crippen molar-refractivity contribution in [2.75, 3.05) is 51.2 Å². The van der Waals surface area contributed by atoms with Crippen LogP contribution in [0.5, 0.6) is 0 Å². The van der Waals surface area contributed by atoms with Gasteiger partial charge in [-0.3, -0.25) is 9.69 Å². The molecular formula is C16H24Cl2N3O2-. The average Bonchev–Trinajstić information content (AvgIpc) is 2.51. The number of nitrogens with one attached hydrogen (secondary N) is 1. The molecule has 1 aliphatic heterocycles. The van der Waals surface area contributed by atoms with Crippen molar-refractivity contribution in [3.8, 4) is 0 Å². The number of benzene rings is 1. The highest BCUT2D eigenvalue weighted by atomic mass is 35.5. The molecule has 0 saturated carbocycles. The van der Waals surface area contributed by atoms with Gasteiger partial charge in [0.05, 0.1) is 6.61 Å². The van der Waals surface area contributed by atoms with E-state index >= 15 is 0 Å². The van der Waals surface area contributed by atoms with Crippen LogP contribution in [0.3, 0.4) is 0 Å². The summed E-state index contributed by atoms with van der Waals surface area (Å²) in [6, 6.07) is 5.52. The Morgan fingerprint density at radius 1 is 1.22 bits per heavy atom. The number of anilines is 1. The summed E-state index contributed by atoms with van der Waals surface area (Å²) >= 11 is 6.05. The van der Waals surface area contributed by atoms with E-state index in [9.17, 15) is 4.79 Å². The molecule has 0 spiro atoms. The van der Waals surface area contributed by atoms with Crippen molar-refractivity contribution in [3.63, 3.8) is 0 Å². The van der Waals surface area contributed by atoms with Gasteiger partial charge in [-0.2, -0.15) is 0 Å². The molecule has 1 amide bonds. The van der Waals surface area contributed by atoms with E-state index in [1.165, 1.54) is 0 Å². The molecule has 5 nitrogen and oxygen atoms in total. The van der Waals surface area contributed by atoms with Gasteiger partial charge in [0, 0.05) is 56.4 Å². The number of rotatable bonds is 6.